The van der Waals surface area contributed by atoms with Gasteiger partial charge in [-0.3, -0.25) is 4.99 Å². The smallest absolute Gasteiger partial charge is 0.180 e. The van der Waals surface area contributed by atoms with Gasteiger partial charge in [0.25, 0.3) is 0 Å². The number of amidine groups is 1. The van der Waals surface area contributed by atoms with Crippen LogP contribution in [0.15, 0.2) is 46.5 Å². The minimum absolute atomic E-state index is 0.347. The van der Waals surface area contributed by atoms with E-state index in [4.69, 9.17) is 14.8 Å². The monoisotopic (exact) mass is 396 g/mol. The van der Waals surface area contributed by atoms with E-state index in [-0.39, 0.29) is 0 Å². The van der Waals surface area contributed by atoms with E-state index in [0.717, 1.165) is 36.2 Å². The summed E-state index contributed by atoms with van der Waals surface area (Å²) < 4.78 is 8.22. The van der Waals surface area contributed by atoms with E-state index in [1.54, 1.807) is 11.8 Å². The molecule has 4 rings (SSSR count). The second-order valence-corrected chi connectivity index (χ2v) is 8.42. The number of rotatable bonds is 5. The van der Waals surface area contributed by atoms with E-state index in [9.17, 15) is 0 Å². The molecule has 0 N–H and O–H groups in total. The van der Waals surface area contributed by atoms with Gasteiger partial charge in [0.15, 0.2) is 5.17 Å². The number of thioether (sulfide) groups is 1. The average molecular weight is 397 g/mol. The lowest BCUT2D eigenvalue weighted by atomic mass is 10.1. The van der Waals surface area contributed by atoms with E-state index < -0.39 is 0 Å². The predicted octanol–water partition coefficient (Wildman–Crippen LogP) is 4.22. The molecule has 0 spiro atoms. The van der Waals surface area contributed by atoms with Crippen molar-refractivity contribution in [2.24, 2.45) is 10.1 Å². The molecule has 3 heterocycles. The Morgan fingerprint density at radius 3 is 2.79 bits per heavy atom. The summed E-state index contributed by atoms with van der Waals surface area (Å²) in [6, 6.07) is 12.6. The van der Waals surface area contributed by atoms with Crippen LogP contribution in [0.4, 0.5) is 0 Å². The molecule has 1 aromatic carbocycles. The Balaban J connectivity index is 1.49. The first-order valence-corrected chi connectivity index (χ1v) is 10.9. The fourth-order valence-corrected chi connectivity index (χ4v) is 4.73. The van der Waals surface area contributed by atoms with Gasteiger partial charge in [-0.15, -0.1) is 0 Å². The Bertz CT molecular complexity index is 881. The molecule has 2 aromatic rings. The number of aliphatic imine (C=N–C) groups is 1. The highest BCUT2D eigenvalue weighted by Gasteiger charge is 2.23. The minimum Gasteiger partial charge on any atom is -0.376 e. The summed E-state index contributed by atoms with van der Waals surface area (Å²) in [7, 11) is 1.99. The lowest BCUT2D eigenvalue weighted by molar-refractivity contribution is 0.0962. The molecule has 0 aliphatic carbocycles. The summed E-state index contributed by atoms with van der Waals surface area (Å²) in [4.78, 5) is 4.75. The molecule has 2 aliphatic heterocycles. The Morgan fingerprint density at radius 1 is 1.25 bits per heavy atom. The summed E-state index contributed by atoms with van der Waals surface area (Å²) in [6.07, 6.45) is 2.68. The quantitative estimate of drug-likeness (QED) is 0.760. The normalized spacial score (nSPS) is 21.4. The van der Waals surface area contributed by atoms with Gasteiger partial charge in [0.1, 0.15) is 0 Å². The maximum atomic E-state index is 5.84. The van der Waals surface area contributed by atoms with Crippen molar-refractivity contribution in [2.45, 2.75) is 45.9 Å². The van der Waals surface area contributed by atoms with Crippen molar-refractivity contribution in [3.63, 3.8) is 0 Å². The fraction of sp³-hybridized carbons (Fsp3) is 0.455. The topological polar surface area (TPSA) is 42.1 Å². The Kier molecular flexibility index (Phi) is 5.87. The predicted molar refractivity (Wildman–Crippen MR) is 117 cm³/mol. The van der Waals surface area contributed by atoms with Crippen LogP contribution in [0.3, 0.4) is 0 Å². The highest BCUT2D eigenvalue weighted by Crippen LogP contribution is 2.25. The van der Waals surface area contributed by atoms with Gasteiger partial charge in [0, 0.05) is 42.9 Å². The first-order chi connectivity index (χ1) is 13.6. The number of aryl methyl sites for hydroxylation is 1. The molecule has 0 saturated carbocycles. The zero-order valence-electron chi connectivity index (χ0n) is 16.9. The van der Waals surface area contributed by atoms with Crippen LogP contribution in [0.1, 0.15) is 35.4 Å². The van der Waals surface area contributed by atoms with Crippen LogP contribution < -0.4 is 0 Å². The van der Waals surface area contributed by atoms with E-state index in [0.29, 0.717) is 12.6 Å². The third-order valence-corrected chi connectivity index (χ3v) is 6.49. The highest BCUT2D eigenvalue weighted by atomic mass is 32.2. The lowest BCUT2D eigenvalue weighted by Crippen LogP contribution is -2.28. The maximum absolute atomic E-state index is 5.84. The molecule has 1 fully saturated rings. The van der Waals surface area contributed by atoms with E-state index >= 15 is 0 Å². The Labute approximate surface area is 171 Å². The highest BCUT2D eigenvalue weighted by molar-refractivity contribution is 8.14. The standard InChI is InChI=1S/C22H28N4OS/c1-16-12-20(17(2)26(16)14-19-10-7-11-27-19)21-15-28-22(25(3)24-21)23-13-18-8-5-4-6-9-18/h4-6,8-9,12,19H,7,10-11,13-15H2,1-3H3/t19-/m0/s1. The lowest BCUT2D eigenvalue weighted by Gasteiger charge is -2.23. The summed E-state index contributed by atoms with van der Waals surface area (Å²) in [5.74, 6) is 0.849. The number of hydrogen-bond acceptors (Lipinski definition) is 4. The number of benzene rings is 1. The Morgan fingerprint density at radius 2 is 2.07 bits per heavy atom. The van der Waals surface area contributed by atoms with Crippen molar-refractivity contribution >= 4 is 22.6 Å². The van der Waals surface area contributed by atoms with E-state index in [2.05, 4.69) is 48.7 Å². The molecular weight excluding hydrogens is 368 g/mol. The average Bonchev–Trinajstić information content (AvgIpc) is 3.32. The maximum Gasteiger partial charge on any atom is 0.180 e. The first-order valence-electron chi connectivity index (χ1n) is 9.93. The number of aromatic nitrogens is 1. The minimum atomic E-state index is 0.347. The van der Waals surface area contributed by atoms with Crippen LogP contribution >= 0.6 is 11.8 Å². The number of ether oxygens (including phenoxy) is 1. The van der Waals surface area contributed by atoms with Crippen molar-refractivity contribution < 1.29 is 4.74 Å². The molecule has 148 valence electrons. The molecule has 5 nitrogen and oxygen atoms in total. The SMILES string of the molecule is Cc1cc(C2=NN(C)C(=NCc3ccccc3)SC2)c(C)n1C[C@@H]1CCCO1. The molecule has 0 radical (unpaired) electrons. The molecule has 28 heavy (non-hydrogen) atoms. The van der Waals surface area contributed by atoms with Gasteiger partial charge in [-0.25, -0.2) is 5.01 Å². The first kappa shape index (κ1) is 19.3. The van der Waals surface area contributed by atoms with Crippen molar-refractivity contribution in [1.29, 1.82) is 0 Å². The van der Waals surface area contributed by atoms with Crippen molar-refractivity contribution in [3.8, 4) is 0 Å². The van der Waals surface area contributed by atoms with Gasteiger partial charge in [0.05, 0.1) is 18.4 Å². The van der Waals surface area contributed by atoms with E-state index in [1.165, 1.54) is 28.9 Å². The second-order valence-electron chi connectivity index (χ2n) is 7.47. The molecule has 1 aromatic heterocycles. The molecule has 1 saturated heterocycles. The zero-order chi connectivity index (χ0) is 19.5. The molecular formula is C22H28N4OS. The number of hydrogen-bond donors (Lipinski definition) is 0. The van der Waals surface area contributed by atoms with Crippen LogP contribution in [-0.2, 0) is 17.8 Å². The molecule has 1 atom stereocenters. The van der Waals surface area contributed by atoms with Gasteiger partial charge in [0.2, 0.25) is 0 Å². The van der Waals surface area contributed by atoms with Gasteiger partial charge in [-0.05, 0) is 38.3 Å². The van der Waals surface area contributed by atoms with Crippen molar-refractivity contribution in [2.75, 3.05) is 19.4 Å². The van der Waals surface area contributed by atoms with Crippen molar-refractivity contribution in [3.05, 3.63) is 58.9 Å². The number of hydrazone groups is 1. The second kappa shape index (κ2) is 8.53. The molecule has 0 amide bonds. The summed E-state index contributed by atoms with van der Waals surface area (Å²) >= 11 is 1.76. The summed E-state index contributed by atoms with van der Waals surface area (Å²) in [5, 5.41) is 7.74. The summed E-state index contributed by atoms with van der Waals surface area (Å²) in [6.45, 7) is 6.91. The van der Waals surface area contributed by atoms with Gasteiger partial charge in [-0.2, -0.15) is 5.10 Å². The molecule has 6 heteroatoms. The van der Waals surface area contributed by atoms with Crippen LogP contribution in [0.5, 0.6) is 0 Å². The summed E-state index contributed by atoms with van der Waals surface area (Å²) in [5.41, 5.74) is 6.15. The molecule has 0 unspecified atom stereocenters. The van der Waals surface area contributed by atoms with Gasteiger partial charge < -0.3 is 9.30 Å². The van der Waals surface area contributed by atoms with Crippen molar-refractivity contribution in [1.82, 2.24) is 9.58 Å². The Hall–Kier alpha value is -2.05. The number of nitrogens with zero attached hydrogens (tertiary/aromatic N) is 4. The van der Waals surface area contributed by atoms with Gasteiger partial charge >= 0.3 is 0 Å². The third-order valence-electron chi connectivity index (χ3n) is 5.42. The fourth-order valence-electron chi connectivity index (χ4n) is 3.87. The van der Waals surface area contributed by atoms with Crippen LogP contribution in [0.2, 0.25) is 0 Å². The third kappa shape index (κ3) is 4.18. The van der Waals surface area contributed by atoms with E-state index in [1.807, 2.05) is 18.1 Å². The van der Waals surface area contributed by atoms with Gasteiger partial charge in [-0.1, -0.05) is 42.1 Å². The van der Waals surface area contributed by atoms with Crippen LogP contribution in [0, 0.1) is 13.8 Å². The molecule has 0 bridgehead atoms. The largest absolute Gasteiger partial charge is 0.376 e. The zero-order valence-corrected chi connectivity index (χ0v) is 17.7. The van der Waals surface area contributed by atoms with Crippen LogP contribution in [-0.4, -0.2) is 46.0 Å². The molecule has 2 aliphatic rings. The van der Waals surface area contributed by atoms with Crippen LogP contribution in [0.25, 0.3) is 0 Å².